The molecule has 4 nitrogen and oxygen atoms in total. The average Bonchev–Trinajstić information content (AvgIpc) is 2.73. The molecule has 0 aliphatic rings. The maximum atomic E-state index is 12.4. The van der Waals surface area contributed by atoms with E-state index in [0.717, 1.165) is 0 Å². The minimum Gasteiger partial charge on any atom is -0.493 e. The molecule has 0 saturated heterocycles. The molecule has 0 aliphatic heterocycles. The quantitative estimate of drug-likeness (QED) is 0.814. The number of nitrogens with zero attached hydrogens (tertiary/aromatic N) is 2. The Balaban J connectivity index is 2.55. The van der Waals surface area contributed by atoms with Gasteiger partial charge in [0.2, 0.25) is 5.78 Å². The molecule has 0 fully saturated rings. The molecule has 94 valence electrons. The molecule has 1 aromatic heterocycles. The van der Waals surface area contributed by atoms with Crippen LogP contribution in [0.2, 0.25) is 10.0 Å². The molecule has 2 rings (SSSR count). The zero-order chi connectivity index (χ0) is 13.3. The third kappa shape index (κ3) is 2.09. The van der Waals surface area contributed by atoms with E-state index in [9.17, 15) is 4.79 Å². The molecule has 0 radical (unpaired) electrons. The van der Waals surface area contributed by atoms with E-state index >= 15 is 0 Å². The van der Waals surface area contributed by atoms with Gasteiger partial charge in [-0.15, -0.1) is 0 Å². The Hall–Kier alpha value is -1.52. The maximum absolute atomic E-state index is 12.4. The van der Waals surface area contributed by atoms with Crippen molar-refractivity contribution in [3.8, 4) is 5.75 Å². The lowest BCUT2D eigenvalue weighted by molar-refractivity contribution is 0.102. The lowest BCUT2D eigenvalue weighted by Crippen LogP contribution is -2.10. The topological polar surface area (TPSA) is 44.1 Å². The molecule has 2 aromatic rings. The van der Waals surface area contributed by atoms with Gasteiger partial charge in [-0.1, -0.05) is 29.3 Å². The zero-order valence-corrected chi connectivity index (χ0v) is 11.3. The number of aromatic nitrogens is 2. The summed E-state index contributed by atoms with van der Waals surface area (Å²) in [6.07, 6.45) is 1.48. The van der Waals surface area contributed by atoms with Crippen molar-refractivity contribution in [2.24, 2.45) is 7.05 Å². The second kappa shape index (κ2) is 5.00. The predicted octanol–water partition coefficient (Wildman–Crippen LogP) is 2.97. The van der Waals surface area contributed by atoms with Gasteiger partial charge >= 0.3 is 0 Å². The van der Waals surface area contributed by atoms with E-state index in [1.807, 2.05) is 0 Å². The summed E-state index contributed by atoms with van der Waals surface area (Å²) in [6.45, 7) is 0. The van der Waals surface area contributed by atoms with Crippen molar-refractivity contribution < 1.29 is 9.53 Å². The molecule has 1 heterocycles. The zero-order valence-electron chi connectivity index (χ0n) is 9.78. The van der Waals surface area contributed by atoms with E-state index in [1.54, 1.807) is 25.2 Å². The Kier molecular flexibility index (Phi) is 3.59. The number of hydrogen-bond donors (Lipinski definition) is 0. The van der Waals surface area contributed by atoms with Crippen LogP contribution in [0, 0.1) is 0 Å². The fourth-order valence-electron chi connectivity index (χ4n) is 1.63. The van der Waals surface area contributed by atoms with Crippen molar-refractivity contribution in [1.82, 2.24) is 9.78 Å². The van der Waals surface area contributed by atoms with Crippen LogP contribution in [0.1, 0.15) is 16.1 Å². The van der Waals surface area contributed by atoms with Crippen LogP contribution in [0.5, 0.6) is 5.75 Å². The second-order valence-corrected chi connectivity index (χ2v) is 4.40. The largest absolute Gasteiger partial charge is 0.493 e. The van der Waals surface area contributed by atoms with Crippen LogP contribution in [0.4, 0.5) is 0 Å². The SMILES string of the molecule is COc1cnn(C)c1C(=O)c1cccc(Cl)c1Cl. The number of halogens is 2. The van der Waals surface area contributed by atoms with Gasteiger partial charge in [0.25, 0.3) is 0 Å². The first-order valence-electron chi connectivity index (χ1n) is 5.11. The number of methoxy groups -OCH3 is 1. The van der Waals surface area contributed by atoms with Gasteiger partial charge in [0.05, 0.1) is 23.4 Å². The van der Waals surface area contributed by atoms with Crippen LogP contribution in [0.25, 0.3) is 0 Å². The van der Waals surface area contributed by atoms with Gasteiger partial charge < -0.3 is 4.74 Å². The molecule has 0 saturated carbocycles. The van der Waals surface area contributed by atoms with Crippen molar-refractivity contribution in [3.63, 3.8) is 0 Å². The maximum Gasteiger partial charge on any atom is 0.216 e. The van der Waals surface area contributed by atoms with E-state index < -0.39 is 0 Å². The predicted molar refractivity (Wildman–Crippen MR) is 69.7 cm³/mol. The monoisotopic (exact) mass is 284 g/mol. The second-order valence-electron chi connectivity index (χ2n) is 3.62. The van der Waals surface area contributed by atoms with Crippen molar-refractivity contribution in [1.29, 1.82) is 0 Å². The van der Waals surface area contributed by atoms with Crippen LogP contribution in [-0.2, 0) is 7.05 Å². The Morgan fingerprint density at radius 3 is 2.78 bits per heavy atom. The number of aryl methyl sites for hydroxylation is 1. The van der Waals surface area contributed by atoms with Gasteiger partial charge in [0.15, 0.2) is 11.4 Å². The number of benzene rings is 1. The fourth-order valence-corrected chi connectivity index (χ4v) is 2.02. The molecular weight excluding hydrogens is 275 g/mol. The highest BCUT2D eigenvalue weighted by Crippen LogP contribution is 2.29. The highest BCUT2D eigenvalue weighted by Gasteiger charge is 2.22. The summed E-state index contributed by atoms with van der Waals surface area (Å²) in [5, 5.41) is 4.55. The third-order valence-corrected chi connectivity index (χ3v) is 3.36. The first-order valence-corrected chi connectivity index (χ1v) is 5.86. The third-order valence-electron chi connectivity index (χ3n) is 2.54. The Morgan fingerprint density at radius 2 is 2.11 bits per heavy atom. The molecule has 0 amide bonds. The van der Waals surface area contributed by atoms with Crippen LogP contribution in [-0.4, -0.2) is 22.7 Å². The van der Waals surface area contributed by atoms with E-state index in [2.05, 4.69) is 5.10 Å². The molecule has 0 aliphatic carbocycles. The van der Waals surface area contributed by atoms with Crippen LogP contribution in [0.3, 0.4) is 0 Å². The Morgan fingerprint density at radius 1 is 1.39 bits per heavy atom. The summed E-state index contributed by atoms with van der Waals surface area (Å²) < 4.78 is 6.54. The van der Waals surface area contributed by atoms with Gasteiger partial charge in [0.1, 0.15) is 0 Å². The first kappa shape index (κ1) is 12.9. The Bertz CT molecular complexity index is 608. The molecule has 0 N–H and O–H groups in total. The highest BCUT2D eigenvalue weighted by atomic mass is 35.5. The molecule has 6 heteroatoms. The molecule has 0 spiro atoms. The molecular formula is C12H10Cl2N2O2. The van der Waals surface area contributed by atoms with E-state index in [0.29, 0.717) is 22.0 Å². The smallest absolute Gasteiger partial charge is 0.216 e. The summed E-state index contributed by atoms with van der Waals surface area (Å²) in [6, 6.07) is 4.91. The van der Waals surface area contributed by atoms with Gasteiger partial charge in [-0.05, 0) is 12.1 Å². The molecule has 0 bridgehead atoms. The van der Waals surface area contributed by atoms with E-state index in [4.69, 9.17) is 27.9 Å². The number of hydrogen-bond acceptors (Lipinski definition) is 3. The van der Waals surface area contributed by atoms with Crippen molar-refractivity contribution in [2.45, 2.75) is 0 Å². The van der Waals surface area contributed by atoms with Gasteiger partial charge in [-0.3, -0.25) is 9.48 Å². The van der Waals surface area contributed by atoms with Crippen molar-refractivity contribution in [3.05, 3.63) is 45.7 Å². The minimum absolute atomic E-state index is 0.229. The van der Waals surface area contributed by atoms with Crippen LogP contribution in [0.15, 0.2) is 24.4 Å². The molecule has 1 aromatic carbocycles. The normalized spacial score (nSPS) is 10.4. The summed E-state index contributed by atoms with van der Waals surface area (Å²) in [5.41, 5.74) is 0.660. The molecule has 0 unspecified atom stereocenters. The van der Waals surface area contributed by atoms with Crippen LogP contribution >= 0.6 is 23.2 Å². The van der Waals surface area contributed by atoms with Crippen LogP contribution < -0.4 is 4.74 Å². The van der Waals surface area contributed by atoms with Gasteiger partial charge in [-0.2, -0.15) is 5.10 Å². The lowest BCUT2D eigenvalue weighted by Gasteiger charge is -2.07. The lowest BCUT2D eigenvalue weighted by atomic mass is 10.1. The average molecular weight is 285 g/mol. The number of ether oxygens (including phenoxy) is 1. The van der Waals surface area contributed by atoms with Crippen molar-refractivity contribution in [2.75, 3.05) is 7.11 Å². The standard InChI is InChI=1S/C12H10Cl2N2O2/c1-16-11(9(18-2)6-15-16)12(17)7-4-3-5-8(13)10(7)14/h3-6H,1-2H3. The van der Waals surface area contributed by atoms with E-state index in [1.165, 1.54) is 18.0 Å². The first-order chi connectivity index (χ1) is 8.56. The minimum atomic E-state index is -0.278. The number of carbonyl (C=O) groups excluding carboxylic acids is 1. The molecule has 0 atom stereocenters. The summed E-state index contributed by atoms with van der Waals surface area (Å²) in [5.74, 6) is 0.123. The molecule has 18 heavy (non-hydrogen) atoms. The van der Waals surface area contributed by atoms with Crippen molar-refractivity contribution >= 4 is 29.0 Å². The number of carbonyl (C=O) groups is 1. The summed E-state index contributed by atoms with van der Waals surface area (Å²) in [4.78, 5) is 12.4. The number of ketones is 1. The van der Waals surface area contributed by atoms with E-state index in [-0.39, 0.29) is 10.8 Å². The summed E-state index contributed by atoms with van der Waals surface area (Å²) in [7, 11) is 3.14. The number of rotatable bonds is 3. The Labute approximate surface area is 114 Å². The van der Waals surface area contributed by atoms with Gasteiger partial charge in [-0.25, -0.2) is 0 Å². The fraction of sp³-hybridized carbons (Fsp3) is 0.167. The highest BCUT2D eigenvalue weighted by molar-refractivity contribution is 6.44. The van der Waals surface area contributed by atoms with Gasteiger partial charge in [0, 0.05) is 12.6 Å². The summed E-state index contributed by atoms with van der Waals surface area (Å²) >= 11 is 11.9.